The number of aliphatic hydroxyl groups is 1. The summed E-state index contributed by atoms with van der Waals surface area (Å²) in [6, 6.07) is 4.37. The molecule has 0 spiro atoms. The number of aliphatic hydroxyl groups excluding tert-OH is 1. The molecule has 1 aliphatic heterocycles. The van der Waals surface area contributed by atoms with Gasteiger partial charge in [-0.2, -0.15) is 0 Å². The highest BCUT2D eigenvalue weighted by Crippen LogP contribution is 2.31. The Balaban J connectivity index is 2.09. The summed E-state index contributed by atoms with van der Waals surface area (Å²) in [6.45, 7) is 3.77. The van der Waals surface area contributed by atoms with Crippen LogP contribution in [0.3, 0.4) is 0 Å². The third-order valence-electron chi connectivity index (χ3n) is 3.77. The smallest absolute Gasteiger partial charge is 0.125 e. The average molecular weight is 312 g/mol. The lowest BCUT2D eigenvalue weighted by Crippen LogP contribution is -2.26. The van der Waals surface area contributed by atoms with Crippen molar-refractivity contribution < 1.29 is 23.7 Å². The molecule has 1 aromatic rings. The second-order valence-corrected chi connectivity index (χ2v) is 5.50. The van der Waals surface area contributed by atoms with Crippen LogP contribution >= 0.6 is 0 Å². The van der Waals surface area contributed by atoms with Crippen molar-refractivity contribution in [3.63, 3.8) is 0 Å². The van der Waals surface area contributed by atoms with Gasteiger partial charge in [0.1, 0.15) is 17.7 Å². The van der Waals surface area contributed by atoms with Gasteiger partial charge >= 0.3 is 0 Å². The van der Waals surface area contributed by atoms with Crippen LogP contribution in [0.15, 0.2) is 18.2 Å². The van der Waals surface area contributed by atoms with Crippen molar-refractivity contribution >= 4 is 0 Å². The summed E-state index contributed by atoms with van der Waals surface area (Å²) >= 11 is 0. The Morgan fingerprint density at radius 2 is 2.14 bits per heavy atom. The highest BCUT2D eigenvalue weighted by Gasteiger charge is 2.23. The SMILES string of the molecule is CCCCOc1ccc(F)cc1[C@H](CO)OC1CCOCC1. The number of hydrogen-bond donors (Lipinski definition) is 1. The fourth-order valence-corrected chi connectivity index (χ4v) is 2.49. The van der Waals surface area contributed by atoms with E-state index in [1.165, 1.54) is 12.1 Å². The minimum Gasteiger partial charge on any atom is -0.493 e. The molecule has 2 rings (SSSR count). The van der Waals surface area contributed by atoms with Crippen LogP contribution in [0.25, 0.3) is 0 Å². The molecular formula is C17H25FO4. The van der Waals surface area contributed by atoms with E-state index in [9.17, 15) is 9.50 Å². The molecule has 1 saturated heterocycles. The number of benzene rings is 1. The Kier molecular flexibility index (Phi) is 7.09. The van der Waals surface area contributed by atoms with Gasteiger partial charge in [0, 0.05) is 18.8 Å². The summed E-state index contributed by atoms with van der Waals surface area (Å²) < 4.78 is 30.6. The summed E-state index contributed by atoms with van der Waals surface area (Å²) in [5.41, 5.74) is 0.574. The van der Waals surface area contributed by atoms with Gasteiger partial charge in [-0.25, -0.2) is 4.39 Å². The first-order valence-corrected chi connectivity index (χ1v) is 8.01. The largest absolute Gasteiger partial charge is 0.493 e. The molecule has 1 atom stereocenters. The lowest BCUT2D eigenvalue weighted by Gasteiger charge is -2.28. The molecule has 124 valence electrons. The molecule has 0 bridgehead atoms. The second kappa shape index (κ2) is 9.08. The monoisotopic (exact) mass is 312 g/mol. The Labute approximate surface area is 131 Å². The van der Waals surface area contributed by atoms with Crippen molar-refractivity contribution in [2.45, 2.75) is 44.8 Å². The van der Waals surface area contributed by atoms with Gasteiger partial charge in [-0.3, -0.25) is 0 Å². The number of rotatable bonds is 8. The molecule has 1 fully saturated rings. The molecule has 0 amide bonds. The van der Waals surface area contributed by atoms with E-state index < -0.39 is 6.10 Å². The van der Waals surface area contributed by atoms with E-state index in [-0.39, 0.29) is 18.5 Å². The van der Waals surface area contributed by atoms with Gasteiger partial charge in [0.05, 0.1) is 19.3 Å². The fraction of sp³-hybridized carbons (Fsp3) is 0.647. The summed E-state index contributed by atoms with van der Waals surface area (Å²) in [5, 5.41) is 9.66. The zero-order valence-electron chi connectivity index (χ0n) is 13.1. The van der Waals surface area contributed by atoms with Crippen LogP contribution < -0.4 is 4.74 Å². The first-order chi connectivity index (χ1) is 10.7. The number of hydrogen-bond acceptors (Lipinski definition) is 4. The molecule has 1 N–H and O–H groups in total. The molecule has 22 heavy (non-hydrogen) atoms. The maximum absolute atomic E-state index is 13.6. The number of ether oxygens (including phenoxy) is 3. The first-order valence-electron chi connectivity index (χ1n) is 8.01. The minimum absolute atomic E-state index is 0.0256. The average Bonchev–Trinajstić information content (AvgIpc) is 2.55. The molecule has 0 aromatic heterocycles. The van der Waals surface area contributed by atoms with Gasteiger partial charge in [-0.05, 0) is 37.5 Å². The standard InChI is InChI=1S/C17H25FO4/c1-2-3-8-21-16-5-4-13(18)11-15(16)17(12-19)22-14-6-9-20-10-7-14/h4-5,11,14,17,19H,2-3,6-10,12H2,1H3/t17-/m0/s1. The Morgan fingerprint density at radius 1 is 1.36 bits per heavy atom. The Morgan fingerprint density at radius 3 is 2.82 bits per heavy atom. The normalized spacial score (nSPS) is 17.4. The Hall–Kier alpha value is -1.17. The molecule has 1 aromatic carbocycles. The van der Waals surface area contributed by atoms with E-state index in [2.05, 4.69) is 6.92 Å². The number of unbranched alkanes of at least 4 members (excludes halogenated alkanes) is 1. The predicted molar refractivity (Wildman–Crippen MR) is 81.6 cm³/mol. The molecule has 1 heterocycles. The molecule has 5 heteroatoms. The molecule has 0 radical (unpaired) electrons. The van der Waals surface area contributed by atoms with E-state index in [0.29, 0.717) is 31.1 Å². The predicted octanol–water partition coefficient (Wildman–Crippen LogP) is 3.23. The zero-order valence-corrected chi connectivity index (χ0v) is 13.1. The van der Waals surface area contributed by atoms with Gasteiger partial charge in [0.25, 0.3) is 0 Å². The van der Waals surface area contributed by atoms with Gasteiger partial charge in [0.2, 0.25) is 0 Å². The van der Waals surface area contributed by atoms with Crippen molar-refractivity contribution in [1.29, 1.82) is 0 Å². The molecular weight excluding hydrogens is 287 g/mol. The highest BCUT2D eigenvalue weighted by atomic mass is 19.1. The number of halogens is 1. The fourth-order valence-electron chi connectivity index (χ4n) is 2.49. The van der Waals surface area contributed by atoms with Gasteiger partial charge in [-0.1, -0.05) is 13.3 Å². The molecule has 0 aliphatic carbocycles. The van der Waals surface area contributed by atoms with Crippen molar-refractivity contribution in [2.75, 3.05) is 26.4 Å². The van der Waals surface area contributed by atoms with Crippen LogP contribution in [0.5, 0.6) is 5.75 Å². The van der Waals surface area contributed by atoms with Gasteiger partial charge < -0.3 is 19.3 Å². The van der Waals surface area contributed by atoms with E-state index in [0.717, 1.165) is 25.7 Å². The maximum Gasteiger partial charge on any atom is 0.125 e. The zero-order chi connectivity index (χ0) is 15.8. The van der Waals surface area contributed by atoms with Crippen molar-refractivity contribution in [2.24, 2.45) is 0 Å². The molecule has 4 nitrogen and oxygen atoms in total. The van der Waals surface area contributed by atoms with E-state index in [1.54, 1.807) is 6.07 Å². The topological polar surface area (TPSA) is 47.9 Å². The summed E-state index contributed by atoms with van der Waals surface area (Å²) in [5.74, 6) is 0.229. The quantitative estimate of drug-likeness (QED) is 0.749. The first kappa shape index (κ1) is 17.2. The van der Waals surface area contributed by atoms with Gasteiger partial charge in [0.15, 0.2) is 0 Å². The van der Waals surface area contributed by atoms with Crippen molar-refractivity contribution in [1.82, 2.24) is 0 Å². The van der Waals surface area contributed by atoms with Crippen LogP contribution in [-0.2, 0) is 9.47 Å². The van der Waals surface area contributed by atoms with Crippen LogP contribution in [0.1, 0.15) is 44.3 Å². The van der Waals surface area contributed by atoms with Crippen LogP contribution in [0.4, 0.5) is 4.39 Å². The van der Waals surface area contributed by atoms with Crippen molar-refractivity contribution in [3.05, 3.63) is 29.6 Å². The molecule has 1 aliphatic rings. The summed E-state index contributed by atoms with van der Waals surface area (Å²) in [7, 11) is 0. The van der Waals surface area contributed by atoms with E-state index >= 15 is 0 Å². The lowest BCUT2D eigenvalue weighted by atomic mass is 10.1. The van der Waals surface area contributed by atoms with E-state index in [4.69, 9.17) is 14.2 Å². The third kappa shape index (κ3) is 4.93. The minimum atomic E-state index is -0.574. The van der Waals surface area contributed by atoms with Crippen molar-refractivity contribution in [3.8, 4) is 5.75 Å². The second-order valence-electron chi connectivity index (χ2n) is 5.50. The Bertz CT molecular complexity index is 446. The van der Waals surface area contributed by atoms with Crippen LogP contribution in [-0.4, -0.2) is 37.6 Å². The summed E-state index contributed by atoms with van der Waals surface area (Å²) in [6.07, 6.45) is 2.99. The highest BCUT2D eigenvalue weighted by molar-refractivity contribution is 5.36. The van der Waals surface area contributed by atoms with Crippen LogP contribution in [0.2, 0.25) is 0 Å². The van der Waals surface area contributed by atoms with Gasteiger partial charge in [-0.15, -0.1) is 0 Å². The summed E-state index contributed by atoms with van der Waals surface area (Å²) in [4.78, 5) is 0. The lowest BCUT2D eigenvalue weighted by molar-refractivity contribution is -0.0855. The third-order valence-corrected chi connectivity index (χ3v) is 3.77. The molecule has 0 saturated carbocycles. The van der Waals surface area contributed by atoms with Crippen LogP contribution in [0, 0.1) is 5.82 Å². The van der Waals surface area contributed by atoms with E-state index in [1.807, 2.05) is 0 Å². The maximum atomic E-state index is 13.6. The molecule has 0 unspecified atom stereocenters.